The van der Waals surface area contributed by atoms with Crippen LogP contribution in [0.2, 0.25) is 0 Å². The molecule has 1 aliphatic carbocycles. The zero-order chi connectivity index (χ0) is 17.1. The summed E-state index contributed by atoms with van der Waals surface area (Å²) in [7, 11) is 4.64. The quantitative estimate of drug-likeness (QED) is 0.837. The highest BCUT2D eigenvalue weighted by Gasteiger charge is 2.39. The summed E-state index contributed by atoms with van der Waals surface area (Å²) in [6.45, 7) is 1.94. The third-order valence-electron chi connectivity index (χ3n) is 3.98. The van der Waals surface area contributed by atoms with Crippen molar-refractivity contribution in [1.29, 1.82) is 0 Å². The van der Waals surface area contributed by atoms with E-state index in [4.69, 9.17) is 4.74 Å². The second-order valence-electron chi connectivity index (χ2n) is 5.72. The van der Waals surface area contributed by atoms with Crippen LogP contribution < -0.4 is 0 Å². The van der Waals surface area contributed by atoms with Crippen molar-refractivity contribution in [1.82, 2.24) is 4.90 Å². The molecule has 1 aromatic rings. The Hall–Kier alpha value is -2.43. The van der Waals surface area contributed by atoms with Crippen LogP contribution in [0.1, 0.15) is 40.5 Å². The predicted octanol–water partition coefficient (Wildman–Crippen LogP) is 2.47. The molecule has 0 fully saturated rings. The fourth-order valence-corrected chi connectivity index (χ4v) is 2.88. The van der Waals surface area contributed by atoms with Gasteiger partial charge in [-0.3, -0.25) is 14.4 Å². The van der Waals surface area contributed by atoms with E-state index in [1.54, 1.807) is 38.4 Å². The largest absolute Gasteiger partial charge is 0.492 e. The second kappa shape index (κ2) is 6.77. The summed E-state index contributed by atoms with van der Waals surface area (Å²) < 4.78 is 5.24. The first-order chi connectivity index (χ1) is 10.9. The van der Waals surface area contributed by atoms with Crippen LogP contribution in [0.25, 0.3) is 0 Å². The average molecular weight is 315 g/mol. The van der Waals surface area contributed by atoms with E-state index in [0.29, 0.717) is 24.0 Å². The molecule has 122 valence electrons. The topological polar surface area (TPSA) is 63.7 Å². The molecule has 0 aliphatic heterocycles. The van der Waals surface area contributed by atoms with E-state index in [1.807, 2.05) is 6.92 Å². The van der Waals surface area contributed by atoms with Crippen molar-refractivity contribution >= 4 is 17.5 Å². The number of rotatable bonds is 5. The maximum Gasteiger partial charge on any atom is 0.229 e. The van der Waals surface area contributed by atoms with Gasteiger partial charge in [-0.2, -0.15) is 0 Å². The molecule has 1 amide bonds. The highest BCUT2D eigenvalue weighted by Crippen LogP contribution is 2.33. The van der Waals surface area contributed by atoms with Gasteiger partial charge in [-0.15, -0.1) is 0 Å². The first-order valence-corrected chi connectivity index (χ1v) is 7.61. The molecule has 1 unspecified atom stereocenters. The Balaban J connectivity index is 2.63. The first kappa shape index (κ1) is 16.9. The molecule has 0 saturated heterocycles. The SMILES string of the molecule is CCCC(C(=O)N(C)C)C1=C(OC)C(=O)c2ccccc2C1=O. The molecule has 5 heteroatoms. The Kier molecular flexibility index (Phi) is 4.98. The summed E-state index contributed by atoms with van der Waals surface area (Å²) in [5, 5.41) is 0. The average Bonchev–Trinajstić information content (AvgIpc) is 2.55. The summed E-state index contributed by atoms with van der Waals surface area (Å²) >= 11 is 0. The fourth-order valence-electron chi connectivity index (χ4n) is 2.88. The van der Waals surface area contributed by atoms with Crippen LogP contribution in [0.3, 0.4) is 0 Å². The number of amides is 1. The maximum atomic E-state index is 12.9. The molecule has 0 spiro atoms. The minimum absolute atomic E-state index is 0.0117. The van der Waals surface area contributed by atoms with E-state index < -0.39 is 5.92 Å². The third-order valence-corrected chi connectivity index (χ3v) is 3.98. The molecule has 23 heavy (non-hydrogen) atoms. The van der Waals surface area contributed by atoms with Crippen LogP contribution in [-0.2, 0) is 9.53 Å². The van der Waals surface area contributed by atoms with Crippen molar-refractivity contribution in [3.05, 3.63) is 46.7 Å². The van der Waals surface area contributed by atoms with Gasteiger partial charge in [-0.25, -0.2) is 0 Å². The van der Waals surface area contributed by atoms with Gasteiger partial charge in [0.2, 0.25) is 11.7 Å². The van der Waals surface area contributed by atoms with Crippen molar-refractivity contribution in [2.24, 2.45) is 5.92 Å². The number of ketones is 2. The number of carbonyl (C=O) groups is 3. The summed E-state index contributed by atoms with van der Waals surface area (Å²) in [4.78, 5) is 39.5. The number of Topliss-reactive ketones (excluding diaryl/α,β-unsaturated/α-hetero) is 2. The number of nitrogens with zero attached hydrogens (tertiary/aromatic N) is 1. The zero-order valence-electron chi connectivity index (χ0n) is 13.9. The minimum atomic E-state index is -0.672. The van der Waals surface area contributed by atoms with Gasteiger partial charge >= 0.3 is 0 Å². The summed E-state index contributed by atoms with van der Waals surface area (Å²) in [6, 6.07) is 6.64. The van der Waals surface area contributed by atoms with Crippen LogP contribution in [-0.4, -0.2) is 43.6 Å². The summed E-state index contributed by atoms with van der Waals surface area (Å²) in [5.41, 5.74) is 0.836. The Bertz CT molecular complexity index is 688. The van der Waals surface area contributed by atoms with Crippen LogP contribution in [0.15, 0.2) is 35.6 Å². The van der Waals surface area contributed by atoms with Gasteiger partial charge in [0.05, 0.1) is 18.6 Å². The van der Waals surface area contributed by atoms with Crippen LogP contribution >= 0.6 is 0 Å². The lowest BCUT2D eigenvalue weighted by Crippen LogP contribution is -2.36. The van der Waals surface area contributed by atoms with Crippen molar-refractivity contribution in [3.8, 4) is 0 Å². The lowest BCUT2D eigenvalue weighted by atomic mass is 9.80. The molecule has 0 radical (unpaired) electrons. The van der Waals surface area contributed by atoms with E-state index >= 15 is 0 Å². The van der Waals surface area contributed by atoms with E-state index in [0.717, 1.165) is 0 Å². The van der Waals surface area contributed by atoms with Crippen LogP contribution in [0, 0.1) is 5.92 Å². The molecule has 5 nitrogen and oxygen atoms in total. The zero-order valence-corrected chi connectivity index (χ0v) is 13.9. The smallest absolute Gasteiger partial charge is 0.229 e. The van der Waals surface area contributed by atoms with Gasteiger partial charge < -0.3 is 9.64 Å². The molecule has 0 N–H and O–H groups in total. The Morgan fingerprint density at radius 3 is 2.17 bits per heavy atom. The fraction of sp³-hybridized carbons (Fsp3) is 0.389. The first-order valence-electron chi connectivity index (χ1n) is 7.61. The van der Waals surface area contributed by atoms with Crippen molar-refractivity contribution < 1.29 is 19.1 Å². The van der Waals surface area contributed by atoms with Crippen LogP contribution in [0.4, 0.5) is 0 Å². The molecule has 0 bridgehead atoms. The molecule has 1 aliphatic rings. The number of hydrogen-bond donors (Lipinski definition) is 0. The Labute approximate surface area is 135 Å². The third kappa shape index (κ3) is 2.91. The van der Waals surface area contributed by atoms with Crippen LogP contribution in [0.5, 0.6) is 0 Å². The lowest BCUT2D eigenvalue weighted by Gasteiger charge is -2.27. The highest BCUT2D eigenvalue weighted by molar-refractivity contribution is 6.27. The van der Waals surface area contributed by atoms with Crippen molar-refractivity contribution in [3.63, 3.8) is 0 Å². The van der Waals surface area contributed by atoms with Gasteiger partial charge in [0, 0.05) is 25.2 Å². The minimum Gasteiger partial charge on any atom is -0.492 e. The van der Waals surface area contributed by atoms with E-state index in [2.05, 4.69) is 0 Å². The highest BCUT2D eigenvalue weighted by atomic mass is 16.5. The molecule has 1 atom stereocenters. The Morgan fingerprint density at radius 2 is 1.70 bits per heavy atom. The molecule has 0 saturated carbocycles. The number of ether oxygens (including phenoxy) is 1. The van der Waals surface area contributed by atoms with Gasteiger partial charge in [0.25, 0.3) is 0 Å². The summed E-state index contributed by atoms with van der Waals surface area (Å²) in [5.74, 6) is -1.52. The maximum absolute atomic E-state index is 12.9. The Morgan fingerprint density at radius 1 is 1.13 bits per heavy atom. The van der Waals surface area contributed by atoms with Gasteiger partial charge in [0.1, 0.15) is 0 Å². The molecule has 1 aromatic carbocycles. The predicted molar refractivity (Wildman–Crippen MR) is 86.2 cm³/mol. The number of benzene rings is 1. The molecular formula is C18H21NO4. The number of carbonyl (C=O) groups excluding carboxylic acids is 3. The standard InChI is InChI=1S/C18H21NO4/c1-5-8-13(18(22)19(2)3)14-15(20)11-9-6-7-10-12(11)16(21)17(14)23-4/h6-7,9-10,13H,5,8H2,1-4H3. The molecule has 0 heterocycles. The number of fused-ring (bicyclic) bond motifs is 1. The second-order valence-corrected chi connectivity index (χ2v) is 5.72. The normalized spacial score (nSPS) is 15.3. The van der Waals surface area contributed by atoms with E-state index in [9.17, 15) is 14.4 Å². The van der Waals surface area contributed by atoms with Gasteiger partial charge in [0.15, 0.2) is 11.5 Å². The van der Waals surface area contributed by atoms with E-state index in [-0.39, 0.29) is 28.8 Å². The van der Waals surface area contributed by atoms with Crippen molar-refractivity contribution in [2.45, 2.75) is 19.8 Å². The lowest BCUT2D eigenvalue weighted by molar-refractivity contribution is -0.131. The number of methoxy groups -OCH3 is 1. The number of hydrogen-bond acceptors (Lipinski definition) is 4. The van der Waals surface area contributed by atoms with E-state index in [1.165, 1.54) is 12.0 Å². The molecular weight excluding hydrogens is 294 g/mol. The summed E-state index contributed by atoms with van der Waals surface area (Å²) in [6.07, 6.45) is 1.20. The monoisotopic (exact) mass is 315 g/mol. The number of allylic oxidation sites excluding steroid dienone is 1. The van der Waals surface area contributed by atoms with Gasteiger partial charge in [-0.05, 0) is 6.42 Å². The molecule has 2 rings (SSSR count). The van der Waals surface area contributed by atoms with Crippen molar-refractivity contribution in [2.75, 3.05) is 21.2 Å². The molecule has 0 aromatic heterocycles. The van der Waals surface area contributed by atoms with Gasteiger partial charge in [-0.1, -0.05) is 37.6 Å².